The number of carbonyl (C=O) groups excluding carboxylic acids is 1. The van der Waals surface area contributed by atoms with Gasteiger partial charge in [-0.3, -0.25) is 9.69 Å². The Hall–Kier alpha value is -2.80. The Bertz CT molecular complexity index is 1500. The van der Waals surface area contributed by atoms with E-state index in [9.17, 15) is 18.3 Å². The first-order valence-corrected chi connectivity index (χ1v) is 14.9. The van der Waals surface area contributed by atoms with Gasteiger partial charge in [-0.1, -0.05) is 29.8 Å². The van der Waals surface area contributed by atoms with E-state index in [4.69, 9.17) is 26.2 Å². The number of hydrogen-bond donors (Lipinski definition) is 1. The van der Waals surface area contributed by atoms with Crippen LogP contribution < -0.4 is 0 Å². The first-order valence-electron chi connectivity index (χ1n) is 12.9. The van der Waals surface area contributed by atoms with Gasteiger partial charge in [0.05, 0.1) is 61.1 Å². The van der Waals surface area contributed by atoms with Gasteiger partial charge in [-0.15, -0.1) is 0 Å². The number of sulfone groups is 1. The third-order valence-electron chi connectivity index (χ3n) is 7.44. The summed E-state index contributed by atoms with van der Waals surface area (Å²) in [7, 11) is -3.77. The number of amides is 1. The number of benzene rings is 2. The van der Waals surface area contributed by atoms with E-state index in [-0.39, 0.29) is 36.1 Å². The fraction of sp³-hybridized carbons (Fsp3) is 0.407. The van der Waals surface area contributed by atoms with Crippen LogP contribution in [0.3, 0.4) is 0 Å². The quantitative estimate of drug-likeness (QED) is 0.495. The second-order valence-electron chi connectivity index (χ2n) is 9.95. The minimum absolute atomic E-state index is 0.0620. The molecule has 0 spiro atoms. The van der Waals surface area contributed by atoms with Crippen molar-refractivity contribution in [2.24, 2.45) is 0 Å². The van der Waals surface area contributed by atoms with E-state index in [1.54, 1.807) is 16.8 Å². The van der Waals surface area contributed by atoms with Gasteiger partial charge in [0.1, 0.15) is 0 Å². The van der Waals surface area contributed by atoms with Crippen molar-refractivity contribution in [2.45, 2.75) is 23.2 Å². The van der Waals surface area contributed by atoms with Crippen molar-refractivity contribution in [2.75, 3.05) is 52.7 Å². The van der Waals surface area contributed by atoms with E-state index >= 15 is 0 Å². The van der Waals surface area contributed by atoms with Crippen LogP contribution in [0.4, 0.5) is 0 Å². The molecule has 2 aromatic carbocycles. The SMILES string of the molecule is O=C(c1nn(-c2ccc(CN3CCOCC3)cc2)c2c1CS(=O)(=O)c1cc(Cl)ccc1-2)N1CCOCC1CO. The second kappa shape index (κ2) is 10.6. The van der Waals surface area contributed by atoms with E-state index in [0.717, 1.165) is 38.4 Å². The van der Waals surface area contributed by atoms with Crippen molar-refractivity contribution < 1.29 is 27.8 Å². The van der Waals surface area contributed by atoms with Gasteiger partial charge in [-0.25, -0.2) is 13.1 Å². The zero-order chi connectivity index (χ0) is 27.1. The first kappa shape index (κ1) is 26.4. The average molecular weight is 573 g/mol. The molecule has 1 amide bonds. The summed E-state index contributed by atoms with van der Waals surface area (Å²) in [5.74, 6) is -0.802. The molecule has 0 bridgehead atoms. The van der Waals surface area contributed by atoms with Crippen LogP contribution in [-0.2, 0) is 31.6 Å². The molecule has 12 heteroatoms. The number of carbonyl (C=O) groups is 1. The number of aliphatic hydroxyl groups is 1. The van der Waals surface area contributed by atoms with Crippen LogP contribution in [0.2, 0.25) is 5.02 Å². The molecule has 1 atom stereocenters. The van der Waals surface area contributed by atoms with Crippen molar-refractivity contribution in [3.8, 4) is 16.9 Å². The summed E-state index contributed by atoms with van der Waals surface area (Å²) in [6, 6.07) is 12.1. The minimum atomic E-state index is -3.77. The third-order valence-corrected chi connectivity index (χ3v) is 9.36. The molecule has 3 aliphatic heterocycles. The summed E-state index contributed by atoms with van der Waals surface area (Å²) < 4.78 is 39.2. The fourth-order valence-electron chi connectivity index (χ4n) is 5.41. The number of morpholine rings is 2. The predicted octanol–water partition coefficient (Wildman–Crippen LogP) is 2.15. The molecule has 0 radical (unpaired) electrons. The van der Waals surface area contributed by atoms with Crippen molar-refractivity contribution in [3.63, 3.8) is 0 Å². The standard InChI is InChI=1S/C27H29ClN4O6S/c28-19-3-6-22-24(13-19)39(35,36)17-23-25(27(34)31-9-12-38-16-21(31)15-33)29-32(26(22)23)20-4-1-18(2-5-20)14-30-7-10-37-11-8-30/h1-6,13,21,33H,7-12,14-17H2. The van der Waals surface area contributed by atoms with Crippen molar-refractivity contribution in [1.82, 2.24) is 19.6 Å². The van der Waals surface area contributed by atoms with Crippen molar-refractivity contribution in [3.05, 3.63) is 64.3 Å². The predicted molar refractivity (Wildman–Crippen MR) is 144 cm³/mol. The number of rotatable bonds is 5. The summed E-state index contributed by atoms with van der Waals surface area (Å²) in [4.78, 5) is 17.8. The van der Waals surface area contributed by atoms with E-state index in [1.807, 2.05) is 24.3 Å². The molecule has 3 aromatic rings. The lowest BCUT2D eigenvalue weighted by atomic mass is 10.0. The highest BCUT2D eigenvalue weighted by atomic mass is 35.5. The average Bonchev–Trinajstić information content (AvgIpc) is 3.32. The highest BCUT2D eigenvalue weighted by Crippen LogP contribution is 2.42. The third kappa shape index (κ3) is 4.99. The van der Waals surface area contributed by atoms with E-state index in [1.165, 1.54) is 11.0 Å². The summed E-state index contributed by atoms with van der Waals surface area (Å²) in [5.41, 5.74) is 3.24. The molecule has 39 heavy (non-hydrogen) atoms. The molecule has 3 aliphatic rings. The Labute approximate surface area is 231 Å². The molecule has 1 aromatic heterocycles. The monoisotopic (exact) mass is 572 g/mol. The molecule has 6 rings (SSSR count). The zero-order valence-electron chi connectivity index (χ0n) is 21.3. The van der Waals surface area contributed by atoms with Crippen LogP contribution in [0.1, 0.15) is 21.6 Å². The topological polar surface area (TPSA) is 114 Å². The summed E-state index contributed by atoms with van der Waals surface area (Å²) in [6.07, 6.45) is 0. The normalized spacial score (nSPS) is 20.9. The van der Waals surface area contributed by atoms with Crippen LogP contribution in [-0.4, -0.2) is 97.7 Å². The molecule has 0 aliphatic carbocycles. The van der Waals surface area contributed by atoms with Gasteiger partial charge < -0.3 is 19.5 Å². The summed E-state index contributed by atoms with van der Waals surface area (Å²) in [6.45, 7) is 4.55. The minimum Gasteiger partial charge on any atom is -0.394 e. The molecular weight excluding hydrogens is 544 g/mol. The number of nitrogens with zero attached hydrogens (tertiary/aromatic N) is 4. The molecule has 1 unspecified atom stereocenters. The lowest BCUT2D eigenvalue weighted by molar-refractivity contribution is -0.0187. The van der Waals surface area contributed by atoms with Gasteiger partial charge in [-0.2, -0.15) is 5.10 Å². The molecule has 4 heterocycles. The fourth-order valence-corrected chi connectivity index (χ4v) is 7.26. The Morgan fingerprint density at radius 3 is 2.54 bits per heavy atom. The van der Waals surface area contributed by atoms with Gasteiger partial charge in [0.2, 0.25) is 0 Å². The molecule has 2 saturated heterocycles. The smallest absolute Gasteiger partial charge is 0.275 e. The maximum atomic E-state index is 13.8. The summed E-state index contributed by atoms with van der Waals surface area (Å²) >= 11 is 6.18. The van der Waals surface area contributed by atoms with Crippen LogP contribution in [0, 0.1) is 0 Å². The highest BCUT2D eigenvalue weighted by molar-refractivity contribution is 7.91. The molecule has 10 nitrogen and oxygen atoms in total. The molecule has 0 saturated carbocycles. The number of ether oxygens (including phenoxy) is 2. The van der Waals surface area contributed by atoms with Gasteiger partial charge in [-0.05, 0) is 29.8 Å². The van der Waals surface area contributed by atoms with Gasteiger partial charge in [0.25, 0.3) is 5.91 Å². The van der Waals surface area contributed by atoms with Crippen LogP contribution in [0.25, 0.3) is 16.9 Å². The Balaban J connectivity index is 1.45. The number of halogens is 1. The van der Waals surface area contributed by atoms with Crippen molar-refractivity contribution in [1.29, 1.82) is 0 Å². The lowest BCUT2D eigenvalue weighted by Gasteiger charge is -2.34. The molecule has 1 N–H and O–H groups in total. The Morgan fingerprint density at radius 2 is 1.79 bits per heavy atom. The van der Waals surface area contributed by atoms with E-state index in [2.05, 4.69) is 4.90 Å². The number of aromatic nitrogens is 2. The second-order valence-corrected chi connectivity index (χ2v) is 12.3. The maximum Gasteiger partial charge on any atom is 0.275 e. The van der Waals surface area contributed by atoms with Gasteiger partial charge >= 0.3 is 0 Å². The van der Waals surface area contributed by atoms with Crippen LogP contribution in [0.5, 0.6) is 0 Å². The molecule has 206 valence electrons. The maximum absolute atomic E-state index is 13.8. The molecular formula is C27H29ClN4O6S. The van der Waals surface area contributed by atoms with E-state index in [0.29, 0.717) is 34.1 Å². The zero-order valence-corrected chi connectivity index (χ0v) is 22.8. The van der Waals surface area contributed by atoms with Gasteiger partial charge in [0, 0.05) is 42.3 Å². The largest absolute Gasteiger partial charge is 0.394 e. The van der Waals surface area contributed by atoms with E-state index < -0.39 is 21.8 Å². The molecule has 2 fully saturated rings. The number of aliphatic hydroxyl groups excluding tert-OH is 1. The van der Waals surface area contributed by atoms with Crippen LogP contribution >= 0.6 is 11.6 Å². The Kier molecular flexibility index (Phi) is 7.21. The first-order chi connectivity index (χ1) is 18.9. The lowest BCUT2D eigenvalue weighted by Crippen LogP contribution is -2.50. The van der Waals surface area contributed by atoms with Gasteiger partial charge in [0.15, 0.2) is 15.5 Å². The van der Waals surface area contributed by atoms with Crippen LogP contribution in [0.15, 0.2) is 47.4 Å². The number of fused-ring (bicyclic) bond motifs is 3. The highest BCUT2D eigenvalue weighted by Gasteiger charge is 2.39. The Morgan fingerprint density at radius 1 is 1.05 bits per heavy atom. The summed E-state index contributed by atoms with van der Waals surface area (Å²) in [5, 5.41) is 14.9. The van der Waals surface area contributed by atoms with Crippen molar-refractivity contribution >= 4 is 27.3 Å². The number of hydrogen-bond acceptors (Lipinski definition) is 8.